The lowest BCUT2D eigenvalue weighted by Crippen LogP contribution is -2.53. The quantitative estimate of drug-likeness (QED) is 0.923. The van der Waals surface area contributed by atoms with E-state index in [-0.39, 0.29) is 5.56 Å². The minimum atomic E-state index is -0.832. The Morgan fingerprint density at radius 3 is 2.71 bits per heavy atom. The Labute approximate surface area is 145 Å². The van der Waals surface area contributed by atoms with Gasteiger partial charge in [-0.1, -0.05) is 0 Å². The van der Waals surface area contributed by atoms with Crippen LogP contribution < -0.4 is 5.56 Å². The summed E-state index contributed by atoms with van der Waals surface area (Å²) in [7, 11) is 0. The molecule has 128 valence electrons. The van der Waals surface area contributed by atoms with E-state index in [4.69, 9.17) is 0 Å². The molecule has 5 nitrogen and oxygen atoms in total. The number of thiophene rings is 1. The summed E-state index contributed by atoms with van der Waals surface area (Å²) in [6, 6.07) is 6.23. The first-order chi connectivity index (χ1) is 11.5. The third kappa shape index (κ3) is 3.06. The van der Waals surface area contributed by atoms with Gasteiger partial charge in [0.1, 0.15) is 0 Å². The number of hydrogen-bond acceptors (Lipinski definition) is 5. The summed E-state index contributed by atoms with van der Waals surface area (Å²) in [4.78, 5) is 14.6. The van der Waals surface area contributed by atoms with Crippen LogP contribution in [0.4, 0.5) is 0 Å². The molecule has 4 rings (SSSR count). The maximum absolute atomic E-state index is 12.0. The second-order valence-electron chi connectivity index (χ2n) is 7.29. The summed E-state index contributed by atoms with van der Waals surface area (Å²) in [6.45, 7) is 3.14. The van der Waals surface area contributed by atoms with Crippen LogP contribution in [0, 0.1) is 6.92 Å². The van der Waals surface area contributed by atoms with Gasteiger partial charge in [0.15, 0.2) is 0 Å². The monoisotopic (exact) mass is 345 g/mol. The largest absolute Gasteiger partial charge is 0.388 e. The van der Waals surface area contributed by atoms with Crippen molar-refractivity contribution in [2.75, 3.05) is 0 Å². The lowest BCUT2D eigenvalue weighted by Gasteiger charge is -2.43. The summed E-state index contributed by atoms with van der Waals surface area (Å²) in [5.41, 5.74) is 1.19. The van der Waals surface area contributed by atoms with Crippen molar-refractivity contribution in [2.45, 2.75) is 63.4 Å². The lowest BCUT2D eigenvalue weighted by atomic mass is 9.85. The Morgan fingerprint density at radius 1 is 1.29 bits per heavy atom. The first-order valence-corrected chi connectivity index (χ1v) is 9.51. The Bertz CT molecular complexity index is 757. The van der Waals surface area contributed by atoms with Gasteiger partial charge in [0.2, 0.25) is 0 Å². The predicted octanol–water partition coefficient (Wildman–Crippen LogP) is 2.17. The van der Waals surface area contributed by atoms with Crippen LogP contribution in [0.3, 0.4) is 0 Å². The molecule has 24 heavy (non-hydrogen) atoms. The SMILES string of the molecule is Cc1ccc(=O)n(CC2(O)C[C@H]3CC[C@@H](C2)N3Cc2ccsc2)n1. The van der Waals surface area contributed by atoms with Crippen LogP contribution in [0.25, 0.3) is 0 Å². The van der Waals surface area contributed by atoms with Crippen molar-refractivity contribution in [3.63, 3.8) is 0 Å². The first kappa shape index (κ1) is 16.0. The predicted molar refractivity (Wildman–Crippen MR) is 94.1 cm³/mol. The molecule has 2 aliphatic heterocycles. The minimum absolute atomic E-state index is 0.137. The second-order valence-corrected chi connectivity index (χ2v) is 8.07. The number of hydrogen-bond donors (Lipinski definition) is 1. The molecule has 1 N–H and O–H groups in total. The summed E-state index contributed by atoms with van der Waals surface area (Å²) in [5, 5.41) is 19.8. The maximum atomic E-state index is 12.0. The van der Waals surface area contributed by atoms with Gasteiger partial charge in [-0.2, -0.15) is 16.4 Å². The van der Waals surface area contributed by atoms with Crippen molar-refractivity contribution < 1.29 is 5.11 Å². The molecule has 2 aromatic rings. The molecule has 4 heterocycles. The van der Waals surface area contributed by atoms with Gasteiger partial charge in [-0.15, -0.1) is 0 Å². The number of aromatic nitrogens is 2. The van der Waals surface area contributed by atoms with Crippen LogP contribution in [-0.4, -0.2) is 37.5 Å². The van der Waals surface area contributed by atoms with Crippen LogP contribution in [0.5, 0.6) is 0 Å². The second kappa shape index (κ2) is 6.10. The average molecular weight is 345 g/mol. The van der Waals surface area contributed by atoms with Gasteiger partial charge in [0.05, 0.1) is 17.8 Å². The van der Waals surface area contributed by atoms with E-state index in [2.05, 4.69) is 26.8 Å². The Morgan fingerprint density at radius 2 is 2.04 bits per heavy atom. The molecule has 3 atom stereocenters. The summed E-state index contributed by atoms with van der Waals surface area (Å²) in [6.07, 6.45) is 3.70. The van der Waals surface area contributed by atoms with Crippen molar-refractivity contribution in [1.82, 2.24) is 14.7 Å². The van der Waals surface area contributed by atoms with Crippen LogP contribution in [0.2, 0.25) is 0 Å². The summed E-state index contributed by atoms with van der Waals surface area (Å²) >= 11 is 1.73. The van der Waals surface area contributed by atoms with E-state index >= 15 is 0 Å². The highest BCUT2D eigenvalue weighted by molar-refractivity contribution is 7.07. The molecule has 2 fully saturated rings. The van der Waals surface area contributed by atoms with Crippen LogP contribution >= 0.6 is 11.3 Å². The maximum Gasteiger partial charge on any atom is 0.266 e. The zero-order valence-corrected chi connectivity index (χ0v) is 14.7. The molecule has 2 aliphatic rings. The Kier molecular flexibility index (Phi) is 4.06. The van der Waals surface area contributed by atoms with E-state index in [1.807, 2.05) is 6.92 Å². The molecule has 0 aliphatic carbocycles. The molecule has 1 unspecified atom stereocenters. The van der Waals surface area contributed by atoms with Gasteiger partial charge >= 0.3 is 0 Å². The number of aliphatic hydroxyl groups is 1. The molecular weight excluding hydrogens is 322 g/mol. The molecule has 2 saturated heterocycles. The number of piperidine rings is 1. The van der Waals surface area contributed by atoms with Crippen molar-refractivity contribution in [3.05, 3.63) is 50.6 Å². The van der Waals surface area contributed by atoms with Crippen molar-refractivity contribution in [1.29, 1.82) is 0 Å². The smallest absolute Gasteiger partial charge is 0.266 e. The molecule has 0 spiro atoms. The van der Waals surface area contributed by atoms with Crippen molar-refractivity contribution >= 4 is 11.3 Å². The number of nitrogens with zero attached hydrogens (tertiary/aromatic N) is 3. The molecule has 0 amide bonds. The third-order valence-electron chi connectivity index (χ3n) is 5.39. The normalized spacial score (nSPS) is 29.9. The molecule has 2 aromatic heterocycles. The summed E-state index contributed by atoms with van der Waals surface area (Å²) < 4.78 is 1.43. The average Bonchev–Trinajstić information content (AvgIpc) is 3.12. The highest BCUT2D eigenvalue weighted by atomic mass is 32.1. The lowest BCUT2D eigenvalue weighted by molar-refractivity contribution is -0.0677. The van der Waals surface area contributed by atoms with E-state index in [1.54, 1.807) is 17.4 Å². The summed E-state index contributed by atoms with van der Waals surface area (Å²) in [5.74, 6) is 0. The van der Waals surface area contributed by atoms with Crippen LogP contribution in [-0.2, 0) is 13.1 Å². The Balaban J connectivity index is 1.51. The van der Waals surface area contributed by atoms with Gasteiger partial charge in [-0.3, -0.25) is 9.69 Å². The number of rotatable bonds is 4. The van der Waals surface area contributed by atoms with Crippen LogP contribution in [0.1, 0.15) is 36.9 Å². The molecule has 0 saturated carbocycles. The van der Waals surface area contributed by atoms with E-state index in [1.165, 1.54) is 16.3 Å². The minimum Gasteiger partial charge on any atom is -0.388 e. The van der Waals surface area contributed by atoms with E-state index in [0.29, 0.717) is 18.6 Å². The standard InChI is InChI=1S/C18H23N3O2S/c1-13-2-5-17(22)21(19-13)12-18(23)8-15-3-4-16(9-18)20(15)10-14-6-7-24-11-14/h2,5-7,11,15-16,23H,3-4,8-10,12H2,1H3/t15-,16+,18?. The number of aryl methyl sites for hydroxylation is 1. The fourth-order valence-electron chi connectivity index (χ4n) is 4.34. The zero-order chi connectivity index (χ0) is 16.7. The highest BCUT2D eigenvalue weighted by Crippen LogP contribution is 2.42. The molecule has 2 bridgehead atoms. The molecule has 0 radical (unpaired) electrons. The van der Waals surface area contributed by atoms with Crippen molar-refractivity contribution in [3.8, 4) is 0 Å². The van der Waals surface area contributed by atoms with Gasteiger partial charge in [0.25, 0.3) is 5.56 Å². The Hall–Kier alpha value is -1.50. The van der Waals surface area contributed by atoms with Crippen LogP contribution in [0.15, 0.2) is 33.8 Å². The molecule has 0 aromatic carbocycles. The van der Waals surface area contributed by atoms with Gasteiger partial charge in [0, 0.05) is 24.7 Å². The third-order valence-corrected chi connectivity index (χ3v) is 6.12. The molecular formula is C18H23N3O2S. The van der Waals surface area contributed by atoms with E-state index in [0.717, 1.165) is 37.9 Å². The van der Waals surface area contributed by atoms with Gasteiger partial charge < -0.3 is 5.11 Å². The van der Waals surface area contributed by atoms with Crippen molar-refractivity contribution in [2.24, 2.45) is 0 Å². The fourth-order valence-corrected chi connectivity index (χ4v) is 5.00. The molecule has 6 heteroatoms. The highest BCUT2D eigenvalue weighted by Gasteiger charge is 2.47. The number of fused-ring (bicyclic) bond motifs is 2. The van der Waals surface area contributed by atoms with Gasteiger partial charge in [-0.25, -0.2) is 4.68 Å². The zero-order valence-electron chi connectivity index (χ0n) is 13.9. The topological polar surface area (TPSA) is 58.4 Å². The fraction of sp³-hybridized carbons (Fsp3) is 0.556. The van der Waals surface area contributed by atoms with E-state index < -0.39 is 5.60 Å². The van der Waals surface area contributed by atoms with Gasteiger partial charge in [-0.05, 0) is 61.1 Å². The van der Waals surface area contributed by atoms with E-state index in [9.17, 15) is 9.90 Å². The first-order valence-electron chi connectivity index (χ1n) is 8.56.